The topological polar surface area (TPSA) is 46.2 Å². The van der Waals surface area contributed by atoms with Gasteiger partial charge in [-0.25, -0.2) is 8.42 Å². The Bertz CT molecular complexity index is 518. The molecule has 92 valence electrons. The van der Waals surface area contributed by atoms with Crippen LogP contribution in [0.3, 0.4) is 0 Å². The molecule has 1 aromatic carbocycles. The summed E-state index contributed by atoms with van der Waals surface area (Å²) in [6, 6.07) is 7.24. The molecule has 0 radical (unpaired) electrons. The first-order valence-corrected chi connectivity index (χ1v) is 7.81. The van der Waals surface area contributed by atoms with Crippen molar-refractivity contribution in [1.82, 2.24) is 0 Å². The van der Waals surface area contributed by atoms with E-state index in [4.69, 9.17) is 0 Å². The number of fused-ring (bicyclic) bond motifs is 1. The molecule has 0 amide bonds. The van der Waals surface area contributed by atoms with Gasteiger partial charge in [-0.3, -0.25) is 0 Å². The predicted octanol–water partition coefficient (Wildman–Crippen LogP) is 2.44. The second kappa shape index (κ2) is 4.02. The maximum Gasteiger partial charge on any atom is 0.185 e. The third-order valence-electron chi connectivity index (χ3n) is 4.01. The molecule has 4 heteroatoms. The smallest absolute Gasteiger partial charge is 0.185 e. The largest absolute Gasteiger partial charge is 0.383 e. The first kappa shape index (κ1) is 11.1. The number of benzene rings is 1. The van der Waals surface area contributed by atoms with Crippen molar-refractivity contribution in [2.45, 2.75) is 35.8 Å². The van der Waals surface area contributed by atoms with E-state index in [0.29, 0.717) is 17.4 Å². The molecule has 3 rings (SSSR count). The molecule has 17 heavy (non-hydrogen) atoms. The predicted molar refractivity (Wildman–Crippen MR) is 67.9 cm³/mol. The van der Waals surface area contributed by atoms with E-state index in [1.54, 1.807) is 12.1 Å². The zero-order valence-corrected chi connectivity index (χ0v) is 10.5. The van der Waals surface area contributed by atoms with Crippen LogP contribution in [0.15, 0.2) is 29.2 Å². The fourth-order valence-electron chi connectivity index (χ4n) is 3.09. The molecule has 1 aliphatic heterocycles. The van der Waals surface area contributed by atoms with Crippen LogP contribution in [0.1, 0.15) is 25.7 Å². The Hall–Kier alpha value is -1.03. The molecule has 1 atom stereocenters. The Morgan fingerprint density at radius 1 is 1.12 bits per heavy atom. The summed E-state index contributed by atoms with van der Waals surface area (Å²) in [6.07, 6.45) is 4.48. The minimum atomic E-state index is -3.13. The van der Waals surface area contributed by atoms with Gasteiger partial charge in [-0.2, -0.15) is 0 Å². The Labute approximate surface area is 102 Å². The number of rotatable bonds is 1. The van der Waals surface area contributed by atoms with Crippen LogP contribution in [0.5, 0.6) is 0 Å². The standard InChI is InChI=1S/C13H17NO2S/c15-17(16)12-8-4-3-7-11(12)14-9-13(17)10-5-1-2-6-10/h3-4,7-8,10,13-14H,1-2,5-6,9H2. The van der Waals surface area contributed by atoms with E-state index in [-0.39, 0.29) is 5.25 Å². The lowest BCUT2D eigenvalue weighted by Gasteiger charge is -2.30. The first-order chi connectivity index (χ1) is 8.19. The van der Waals surface area contributed by atoms with Gasteiger partial charge in [-0.1, -0.05) is 25.0 Å². The summed E-state index contributed by atoms with van der Waals surface area (Å²) >= 11 is 0. The van der Waals surface area contributed by atoms with Gasteiger partial charge in [0.2, 0.25) is 0 Å². The summed E-state index contributed by atoms with van der Waals surface area (Å²) in [5.41, 5.74) is 0.766. The summed E-state index contributed by atoms with van der Waals surface area (Å²) < 4.78 is 25.1. The second-order valence-electron chi connectivity index (χ2n) is 5.01. The highest BCUT2D eigenvalue weighted by Crippen LogP contribution is 2.38. The van der Waals surface area contributed by atoms with E-state index in [1.807, 2.05) is 12.1 Å². The third kappa shape index (κ3) is 1.75. The van der Waals surface area contributed by atoms with Crippen molar-refractivity contribution < 1.29 is 8.42 Å². The number of para-hydroxylation sites is 1. The first-order valence-electron chi connectivity index (χ1n) is 6.26. The van der Waals surface area contributed by atoms with Crippen LogP contribution in [-0.4, -0.2) is 20.2 Å². The molecular weight excluding hydrogens is 234 g/mol. The Morgan fingerprint density at radius 2 is 1.82 bits per heavy atom. The molecule has 0 saturated heterocycles. The highest BCUT2D eigenvalue weighted by Gasteiger charge is 2.39. The number of anilines is 1. The fourth-order valence-corrected chi connectivity index (χ4v) is 5.22. The monoisotopic (exact) mass is 251 g/mol. The molecule has 0 aromatic heterocycles. The van der Waals surface area contributed by atoms with Crippen LogP contribution in [0, 0.1) is 5.92 Å². The van der Waals surface area contributed by atoms with Gasteiger partial charge in [-0.15, -0.1) is 0 Å². The summed E-state index contributed by atoms with van der Waals surface area (Å²) in [7, 11) is -3.13. The van der Waals surface area contributed by atoms with Crippen molar-refractivity contribution in [3.63, 3.8) is 0 Å². The second-order valence-corrected chi connectivity index (χ2v) is 7.14. The van der Waals surface area contributed by atoms with Crippen LogP contribution in [0.25, 0.3) is 0 Å². The molecule has 0 bridgehead atoms. The van der Waals surface area contributed by atoms with Gasteiger partial charge >= 0.3 is 0 Å². The normalized spacial score (nSPS) is 27.4. The third-order valence-corrected chi connectivity index (χ3v) is 6.33. The molecule has 1 saturated carbocycles. The number of nitrogens with one attached hydrogen (secondary N) is 1. The van der Waals surface area contributed by atoms with E-state index >= 15 is 0 Å². The SMILES string of the molecule is O=S1(=O)c2ccccc2NCC1C1CCCC1. The lowest BCUT2D eigenvalue weighted by atomic mass is 10.0. The molecule has 1 heterocycles. The number of hydrogen-bond donors (Lipinski definition) is 1. The molecule has 1 aliphatic carbocycles. The Morgan fingerprint density at radius 3 is 2.59 bits per heavy atom. The van der Waals surface area contributed by atoms with Gasteiger partial charge in [0.05, 0.1) is 15.8 Å². The highest BCUT2D eigenvalue weighted by atomic mass is 32.2. The van der Waals surface area contributed by atoms with Crippen LogP contribution < -0.4 is 5.32 Å². The number of hydrogen-bond acceptors (Lipinski definition) is 3. The maximum atomic E-state index is 12.6. The summed E-state index contributed by atoms with van der Waals surface area (Å²) in [6.45, 7) is 0.573. The van der Waals surface area contributed by atoms with Crippen molar-refractivity contribution in [1.29, 1.82) is 0 Å². The van der Waals surface area contributed by atoms with E-state index < -0.39 is 9.84 Å². The van der Waals surface area contributed by atoms with E-state index in [1.165, 1.54) is 12.8 Å². The zero-order chi connectivity index (χ0) is 11.9. The Balaban J connectivity index is 2.01. The van der Waals surface area contributed by atoms with Crippen molar-refractivity contribution in [3.05, 3.63) is 24.3 Å². The van der Waals surface area contributed by atoms with Crippen LogP contribution >= 0.6 is 0 Å². The molecule has 1 N–H and O–H groups in total. The fraction of sp³-hybridized carbons (Fsp3) is 0.538. The van der Waals surface area contributed by atoms with Crippen molar-refractivity contribution in [2.75, 3.05) is 11.9 Å². The summed E-state index contributed by atoms with van der Waals surface area (Å²) in [5, 5.41) is 3.04. The quantitative estimate of drug-likeness (QED) is 0.834. The minimum Gasteiger partial charge on any atom is -0.383 e. The summed E-state index contributed by atoms with van der Waals surface area (Å²) in [4.78, 5) is 0.489. The van der Waals surface area contributed by atoms with Gasteiger partial charge in [-0.05, 0) is 30.9 Å². The molecule has 0 spiro atoms. The lowest BCUT2D eigenvalue weighted by molar-refractivity contribution is 0.488. The molecular formula is C13H17NO2S. The molecule has 3 nitrogen and oxygen atoms in total. The maximum absolute atomic E-state index is 12.6. The van der Waals surface area contributed by atoms with Crippen LogP contribution in [-0.2, 0) is 9.84 Å². The van der Waals surface area contributed by atoms with Crippen LogP contribution in [0.2, 0.25) is 0 Å². The van der Waals surface area contributed by atoms with Crippen LogP contribution in [0.4, 0.5) is 5.69 Å². The highest BCUT2D eigenvalue weighted by molar-refractivity contribution is 7.92. The average Bonchev–Trinajstić information content (AvgIpc) is 2.82. The van der Waals surface area contributed by atoms with E-state index in [2.05, 4.69) is 5.32 Å². The summed E-state index contributed by atoms with van der Waals surface area (Å²) in [5.74, 6) is 0.348. The molecule has 2 aliphatic rings. The zero-order valence-electron chi connectivity index (χ0n) is 9.72. The average molecular weight is 251 g/mol. The van der Waals surface area contributed by atoms with E-state index in [9.17, 15) is 8.42 Å². The van der Waals surface area contributed by atoms with Crippen molar-refractivity contribution in [2.24, 2.45) is 5.92 Å². The van der Waals surface area contributed by atoms with Gasteiger partial charge in [0.1, 0.15) is 0 Å². The molecule has 1 aromatic rings. The minimum absolute atomic E-state index is 0.222. The van der Waals surface area contributed by atoms with Gasteiger partial charge in [0, 0.05) is 6.54 Å². The van der Waals surface area contributed by atoms with Gasteiger partial charge < -0.3 is 5.32 Å². The van der Waals surface area contributed by atoms with Crippen molar-refractivity contribution >= 4 is 15.5 Å². The van der Waals surface area contributed by atoms with Crippen molar-refractivity contribution in [3.8, 4) is 0 Å². The Kier molecular flexibility index (Phi) is 2.62. The van der Waals surface area contributed by atoms with Gasteiger partial charge in [0.25, 0.3) is 0 Å². The number of sulfone groups is 1. The molecule has 1 unspecified atom stereocenters. The van der Waals surface area contributed by atoms with Gasteiger partial charge in [0.15, 0.2) is 9.84 Å². The molecule has 1 fully saturated rings. The lowest BCUT2D eigenvalue weighted by Crippen LogP contribution is -2.39. The van der Waals surface area contributed by atoms with E-state index in [0.717, 1.165) is 18.5 Å².